The number of nitrogens with one attached hydrogen (secondary N) is 1. The molecule has 1 aliphatic rings. The molecule has 4 nitrogen and oxygen atoms in total. The van der Waals surface area contributed by atoms with Crippen LogP contribution in [-0.2, 0) is 22.6 Å². The minimum absolute atomic E-state index is 0.110. The Morgan fingerprint density at radius 2 is 1.87 bits per heavy atom. The molecule has 30 heavy (non-hydrogen) atoms. The van der Waals surface area contributed by atoms with Crippen LogP contribution in [-0.4, -0.2) is 37.2 Å². The number of amides is 1. The van der Waals surface area contributed by atoms with E-state index in [4.69, 9.17) is 4.74 Å². The minimum Gasteiger partial charge on any atom is -0.377 e. The third-order valence-corrected chi connectivity index (χ3v) is 5.80. The molecule has 0 aliphatic carbocycles. The first kappa shape index (κ1) is 22.7. The Balaban J connectivity index is 1.49. The summed E-state index contributed by atoms with van der Waals surface area (Å²) in [5, 5.41) is 2.90. The Morgan fingerprint density at radius 3 is 2.57 bits per heavy atom. The van der Waals surface area contributed by atoms with Crippen LogP contribution in [0.4, 0.5) is 13.2 Å². The van der Waals surface area contributed by atoms with Crippen molar-refractivity contribution in [2.75, 3.05) is 19.0 Å². The van der Waals surface area contributed by atoms with Gasteiger partial charge in [-0.1, -0.05) is 36.4 Å². The fourth-order valence-electron chi connectivity index (χ4n) is 3.05. The number of hydrogen-bond donors (Lipinski definition) is 1. The van der Waals surface area contributed by atoms with Crippen LogP contribution in [0.2, 0.25) is 0 Å². The number of carbonyl (C=O) groups excluding carboxylic acids is 1. The van der Waals surface area contributed by atoms with Gasteiger partial charge in [-0.25, -0.2) is 0 Å². The van der Waals surface area contributed by atoms with Gasteiger partial charge < -0.3 is 14.8 Å². The highest BCUT2D eigenvalue weighted by molar-refractivity contribution is 7.99. The largest absolute Gasteiger partial charge is 0.411 e. The van der Waals surface area contributed by atoms with Gasteiger partial charge in [-0.3, -0.25) is 4.79 Å². The van der Waals surface area contributed by atoms with Crippen LogP contribution in [0, 0.1) is 0 Å². The summed E-state index contributed by atoms with van der Waals surface area (Å²) in [6.07, 6.45) is -1.95. The van der Waals surface area contributed by atoms with E-state index in [9.17, 15) is 18.0 Å². The number of alkyl halides is 3. The van der Waals surface area contributed by atoms with Crippen molar-refractivity contribution in [1.29, 1.82) is 0 Å². The summed E-state index contributed by atoms with van der Waals surface area (Å²) in [5.74, 6) is 0.658. The van der Waals surface area contributed by atoms with Crippen molar-refractivity contribution in [3.8, 4) is 0 Å². The van der Waals surface area contributed by atoms with Gasteiger partial charge in [0.1, 0.15) is 6.61 Å². The number of halogens is 3. The Hall–Kier alpha value is -2.03. The average Bonchev–Trinajstić information content (AvgIpc) is 3.24. The number of hydrogen-bond acceptors (Lipinski definition) is 4. The van der Waals surface area contributed by atoms with Gasteiger partial charge in [-0.2, -0.15) is 13.2 Å². The topological polar surface area (TPSA) is 47.6 Å². The van der Waals surface area contributed by atoms with Gasteiger partial charge >= 0.3 is 6.18 Å². The van der Waals surface area contributed by atoms with Crippen molar-refractivity contribution in [2.24, 2.45) is 0 Å². The van der Waals surface area contributed by atoms with Crippen molar-refractivity contribution in [2.45, 2.75) is 43.2 Å². The molecular formula is C22H24F3NO3S. The monoisotopic (exact) mass is 439 g/mol. The molecule has 0 radical (unpaired) electrons. The fraction of sp³-hybridized carbons (Fsp3) is 0.409. The Labute approximate surface area is 178 Å². The standard InChI is InChI=1S/C22H24F3NO3S/c23-22(24,25)15-28-13-17-9-7-16(8-10-17)12-26-21(27)19-5-1-2-6-20(19)30-14-18-4-3-11-29-18/h1-2,5-10,18H,3-4,11-15H2,(H,26,27). The van der Waals surface area contributed by atoms with E-state index in [2.05, 4.69) is 10.1 Å². The van der Waals surface area contributed by atoms with Crippen molar-refractivity contribution in [3.63, 3.8) is 0 Å². The highest BCUT2D eigenvalue weighted by atomic mass is 32.2. The molecule has 1 fully saturated rings. The van der Waals surface area contributed by atoms with E-state index in [1.807, 2.05) is 18.2 Å². The van der Waals surface area contributed by atoms with Crippen LogP contribution >= 0.6 is 11.8 Å². The summed E-state index contributed by atoms with van der Waals surface area (Å²) in [6, 6.07) is 14.4. The Kier molecular flexibility index (Phi) is 8.18. The first-order valence-corrected chi connectivity index (χ1v) is 10.7. The second-order valence-electron chi connectivity index (χ2n) is 7.05. The third-order valence-electron chi connectivity index (χ3n) is 4.59. The Bertz CT molecular complexity index is 821. The third kappa shape index (κ3) is 7.34. The molecule has 1 atom stereocenters. The molecule has 0 spiro atoms. The first-order valence-electron chi connectivity index (χ1n) is 9.75. The van der Waals surface area contributed by atoms with Gasteiger partial charge in [-0.05, 0) is 36.1 Å². The number of benzene rings is 2. The maximum atomic E-state index is 12.7. The predicted octanol–water partition coefficient (Wildman–Crippen LogP) is 4.97. The second-order valence-corrected chi connectivity index (χ2v) is 8.11. The molecule has 1 unspecified atom stereocenters. The maximum absolute atomic E-state index is 12.7. The molecule has 162 valence electrons. The van der Waals surface area contributed by atoms with Gasteiger partial charge in [0.05, 0.1) is 18.3 Å². The second kappa shape index (κ2) is 10.8. The van der Waals surface area contributed by atoms with E-state index in [0.29, 0.717) is 17.7 Å². The van der Waals surface area contributed by atoms with Crippen molar-refractivity contribution in [3.05, 3.63) is 65.2 Å². The molecule has 1 heterocycles. The quantitative estimate of drug-likeness (QED) is 0.561. The highest BCUT2D eigenvalue weighted by Crippen LogP contribution is 2.26. The van der Waals surface area contributed by atoms with Gasteiger partial charge in [0.15, 0.2) is 0 Å². The molecule has 3 rings (SSSR count). The van der Waals surface area contributed by atoms with E-state index >= 15 is 0 Å². The molecule has 1 N–H and O–H groups in total. The van der Waals surface area contributed by atoms with E-state index in [1.165, 1.54) is 0 Å². The molecule has 2 aromatic rings. The van der Waals surface area contributed by atoms with E-state index < -0.39 is 12.8 Å². The van der Waals surface area contributed by atoms with Crippen LogP contribution in [0.25, 0.3) is 0 Å². The smallest absolute Gasteiger partial charge is 0.377 e. The molecule has 0 bridgehead atoms. The van der Waals surface area contributed by atoms with E-state index in [-0.39, 0.29) is 18.6 Å². The molecule has 2 aromatic carbocycles. The number of rotatable bonds is 9. The summed E-state index contributed by atoms with van der Waals surface area (Å²) in [6.45, 7) is -0.246. The van der Waals surface area contributed by atoms with Crippen LogP contribution in [0.3, 0.4) is 0 Å². The molecule has 1 aliphatic heterocycles. The fourth-order valence-corrected chi connectivity index (χ4v) is 4.17. The van der Waals surface area contributed by atoms with E-state index in [1.54, 1.807) is 42.1 Å². The summed E-state index contributed by atoms with van der Waals surface area (Å²) in [4.78, 5) is 13.6. The number of carbonyl (C=O) groups is 1. The van der Waals surface area contributed by atoms with Crippen LogP contribution in [0.5, 0.6) is 0 Å². The van der Waals surface area contributed by atoms with Crippen molar-refractivity contribution < 1.29 is 27.4 Å². The summed E-state index contributed by atoms with van der Waals surface area (Å²) in [7, 11) is 0. The average molecular weight is 439 g/mol. The van der Waals surface area contributed by atoms with Crippen LogP contribution in [0.15, 0.2) is 53.4 Å². The molecule has 0 aromatic heterocycles. The van der Waals surface area contributed by atoms with Gasteiger partial charge in [-0.15, -0.1) is 11.8 Å². The Morgan fingerprint density at radius 1 is 1.13 bits per heavy atom. The zero-order chi connectivity index (χ0) is 21.4. The lowest BCUT2D eigenvalue weighted by molar-refractivity contribution is -0.176. The van der Waals surface area contributed by atoms with Gasteiger partial charge in [0.2, 0.25) is 0 Å². The summed E-state index contributed by atoms with van der Waals surface area (Å²) in [5.41, 5.74) is 2.12. The molecule has 0 saturated carbocycles. The van der Waals surface area contributed by atoms with Crippen LogP contribution in [0.1, 0.15) is 34.3 Å². The summed E-state index contributed by atoms with van der Waals surface area (Å²) >= 11 is 1.63. The van der Waals surface area contributed by atoms with E-state index in [0.717, 1.165) is 35.7 Å². The first-order chi connectivity index (χ1) is 14.4. The lowest BCUT2D eigenvalue weighted by Gasteiger charge is -2.13. The maximum Gasteiger partial charge on any atom is 0.411 e. The minimum atomic E-state index is -4.33. The van der Waals surface area contributed by atoms with Gasteiger partial charge in [0, 0.05) is 23.8 Å². The lowest BCUT2D eigenvalue weighted by Crippen LogP contribution is -2.23. The van der Waals surface area contributed by atoms with Crippen LogP contribution < -0.4 is 5.32 Å². The summed E-state index contributed by atoms with van der Waals surface area (Å²) < 4.78 is 46.7. The highest BCUT2D eigenvalue weighted by Gasteiger charge is 2.27. The number of ether oxygens (including phenoxy) is 2. The SMILES string of the molecule is O=C(NCc1ccc(COCC(F)(F)F)cc1)c1ccccc1SCC1CCCO1. The zero-order valence-electron chi connectivity index (χ0n) is 16.4. The molecule has 1 saturated heterocycles. The number of thioether (sulfide) groups is 1. The molecule has 8 heteroatoms. The predicted molar refractivity (Wildman–Crippen MR) is 109 cm³/mol. The van der Waals surface area contributed by atoms with Gasteiger partial charge in [0.25, 0.3) is 5.91 Å². The molecular weight excluding hydrogens is 415 g/mol. The van der Waals surface area contributed by atoms with Crippen molar-refractivity contribution >= 4 is 17.7 Å². The lowest BCUT2D eigenvalue weighted by atomic mass is 10.1. The normalized spacial score (nSPS) is 16.6. The molecule has 1 amide bonds. The van der Waals surface area contributed by atoms with Crippen molar-refractivity contribution in [1.82, 2.24) is 5.32 Å². The zero-order valence-corrected chi connectivity index (χ0v) is 17.2.